The van der Waals surface area contributed by atoms with Crippen LogP contribution in [0.3, 0.4) is 0 Å². The normalized spacial score (nSPS) is 38.4. The summed E-state index contributed by atoms with van der Waals surface area (Å²) in [7, 11) is 0. The summed E-state index contributed by atoms with van der Waals surface area (Å²) < 4.78 is 25.1. The summed E-state index contributed by atoms with van der Waals surface area (Å²) >= 11 is 0. The van der Waals surface area contributed by atoms with Crippen molar-refractivity contribution in [3.63, 3.8) is 0 Å². The van der Waals surface area contributed by atoms with E-state index in [0.717, 1.165) is 0 Å². The van der Waals surface area contributed by atoms with Crippen LogP contribution in [-0.4, -0.2) is 12.5 Å². The van der Waals surface area contributed by atoms with Crippen molar-refractivity contribution in [1.82, 2.24) is 0 Å². The average Bonchev–Trinajstić information content (AvgIpc) is 2.08. The number of hydrogen-bond donors (Lipinski definition) is 1. The molecule has 0 bridgehead atoms. The summed E-state index contributed by atoms with van der Waals surface area (Å²) in [6.07, 6.45) is 0.549. The van der Waals surface area contributed by atoms with E-state index in [1.807, 2.05) is 6.92 Å². The highest BCUT2D eigenvalue weighted by Gasteiger charge is 2.45. The monoisotopic (exact) mass is 149 g/mol. The van der Waals surface area contributed by atoms with E-state index >= 15 is 0 Å². The van der Waals surface area contributed by atoms with Gasteiger partial charge in [-0.2, -0.15) is 0 Å². The maximum absolute atomic E-state index is 12.6. The second kappa shape index (κ2) is 2.16. The standard InChI is InChI=1S/C7H13F2N/c1-6(5-10)2-3-7(8,9)4-6/h2-5,10H2,1H3. The van der Waals surface area contributed by atoms with Crippen molar-refractivity contribution >= 4 is 0 Å². The average molecular weight is 149 g/mol. The highest BCUT2D eigenvalue weighted by molar-refractivity contribution is 4.90. The first-order valence-electron chi connectivity index (χ1n) is 3.55. The Morgan fingerprint density at radius 3 is 2.20 bits per heavy atom. The van der Waals surface area contributed by atoms with Crippen LogP contribution in [0, 0.1) is 5.41 Å². The second-order valence-corrected chi connectivity index (χ2v) is 3.55. The van der Waals surface area contributed by atoms with Gasteiger partial charge in [-0.3, -0.25) is 0 Å². The van der Waals surface area contributed by atoms with Crippen LogP contribution in [0.1, 0.15) is 26.2 Å². The van der Waals surface area contributed by atoms with Gasteiger partial charge in [-0.05, 0) is 18.4 Å². The van der Waals surface area contributed by atoms with E-state index in [4.69, 9.17) is 5.73 Å². The van der Waals surface area contributed by atoms with Gasteiger partial charge in [0.15, 0.2) is 0 Å². The molecule has 0 spiro atoms. The molecule has 1 saturated carbocycles. The van der Waals surface area contributed by atoms with Gasteiger partial charge in [-0.15, -0.1) is 0 Å². The number of rotatable bonds is 1. The fourth-order valence-corrected chi connectivity index (χ4v) is 1.46. The first-order chi connectivity index (χ1) is 4.47. The van der Waals surface area contributed by atoms with E-state index in [-0.39, 0.29) is 18.3 Å². The van der Waals surface area contributed by atoms with Crippen LogP contribution >= 0.6 is 0 Å². The summed E-state index contributed by atoms with van der Waals surface area (Å²) in [5.74, 6) is -2.45. The topological polar surface area (TPSA) is 26.0 Å². The molecule has 60 valence electrons. The minimum absolute atomic E-state index is 0.0146. The van der Waals surface area contributed by atoms with Crippen molar-refractivity contribution in [2.75, 3.05) is 6.54 Å². The van der Waals surface area contributed by atoms with Crippen LogP contribution in [0.25, 0.3) is 0 Å². The highest BCUT2D eigenvalue weighted by Crippen LogP contribution is 2.46. The lowest BCUT2D eigenvalue weighted by molar-refractivity contribution is -0.00134. The van der Waals surface area contributed by atoms with E-state index < -0.39 is 5.92 Å². The van der Waals surface area contributed by atoms with Crippen molar-refractivity contribution in [3.8, 4) is 0 Å². The van der Waals surface area contributed by atoms with E-state index in [2.05, 4.69) is 0 Å². The van der Waals surface area contributed by atoms with Gasteiger partial charge < -0.3 is 5.73 Å². The van der Waals surface area contributed by atoms with Crippen LogP contribution in [0.5, 0.6) is 0 Å². The lowest BCUT2D eigenvalue weighted by Gasteiger charge is -2.20. The molecule has 0 aromatic heterocycles. The zero-order chi connectivity index (χ0) is 7.83. The van der Waals surface area contributed by atoms with Gasteiger partial charge in [-0.25, -0.2) is 8.78 Å². The Balaban J connectivity index is 2.57. The summed E-state index contributed by atoms with van der Waals surface area (Å²) in [5.41, 5.74) is 5.05. The third kappa shape index (κ3) is 1.45. The molecule has 0 radical (unpaired) electrons. The molecule has 0 heterocycles. The molecule has 0 aromatic rings. The van der Waals surface area contributed by atoms with Crippen molar-refractivity contribution < 1.29 is 8.78 Å². The van der Waals surface area contributed by atoms with E-state index in [0.29, 0.717) is 13.0 Å². The first kappa shape index (κ1) is 7.92. The second-order valence-electron chi connectivity index (χ2n) is 3.55. The fraction of sp³-hybridized carbons (Fsp3) is 1.00. The zero-order valence-corrected chi connectivity index (χ0v) is 6.16. The Morgan fingerprint density at radius 1 is 1.40 bits per heavy atom. The molecular formula is C7H13F2N. The molecule has 1 rings (SSSR count). The third-order valence-corrected chi connectivity index (χ3v) is 2.27. The Bertz CT molecular complexity index is 136. The number of halogens is 2. The minimum Gasteiger partial charge on any atom is -0.330 e. The molecule has 0 saturated heterocycles. The molecule has 1 nitrogen and oxygen atoms in total. The maximum Gasteiger partial charge on any atom is 0.248 e. The van der Waals surface area contributed by atoms with Crippen LogP contribution < -0.4 is 5.73 Å². The molecule has 2 N–H and O–H groups in total. The smallest absolute Gasteiger partial charge is 0.248 e. The molecule has 3 heteroatoms. The SMILES string of the molecule is CC1(CN)CCC(F)(F)C1. The summed E-state index contributed by atoms with van der Waals surface area (Å²) in [6, 6.07) is 0. The zero-order valence-electron chi connectivity index (χ0n) is 6.16. The van der Waals surface area contributed by atoms with Gasteiger partial charge in [-0.1, -0.05) is 6.92 Å². The molecule has 1 atom stereocenters. The Labute approximate surface area is 59.6 Å². The van der Waals surface area contributed by atoms with Gasteiger partial charge in [0.1, 0.15) is 0 Å². The predicted molar refractivity (Wildman–Crippen MR) is 36.0 cm³/mol. The largest absolute Gasteiger partial charge is 0.330 e. The lowest BCUT2D eigenvalue weighted by atomic mass is 9.89. The van der Waals surface area contributed by atoms with Crippen molar-refractivity contribution in [2.24, 2.45) is 11.1 Å². The van der Waals surface area contributed by atoms with Crippen molar-refractivity contribution in [3.05, 3.63) is 0 Å². The highest BCUT2D eigenvalue weighted by atomic mass is 19.3. The lowest BCUT2D eigenvalue weighted by Crippen LogP contribution is -2.25. The molecule has 1 aliphatic carbocycles. The van der Waals surface area contributed by atoms with Crippen molar-refractivity contribution in [2.45, 2.75) is 32.1 Å². The number of nitrogens with two attached hydrogens (primary N) is 1. The van der Waals surface area contributed by atoms with Gasteiger partial charge in [0.2, 0.25) is 5.92 Å². The molecule has 1 unspecified atom stereocenters. The summed E-state index contributed by atoms with van der Waals surface area (Å²) in [5, 5.41) is 0. The van der Waals surface area contributed by atoms with Crippen molar-refractivity contribution in [1.29, 1.82) is 0 Å². The first-order valence-corrected chi connectivity index (χ1v) is 3.55. The maximum atomic E-state index is 12.6. The van der Waals surface area contributed by atoms with E-state index in [1.165, 1.54) is 0 Å². The summed E-state index contributed by atoms with van der Waals surface area (Å²) in [4.78, 5) is 0. The Hall–Kier alpha value is -0.180. The Morgan fingerprint density at radius 2 is 2.00 bits per heavy atom. The van der Waals surface area contributed by atoms with Gasteiger partial charge in [0.25, 0.3) is 0 Å². The van der Waals surface area contributed by atoms with Gasteiger partial charge >= 0.3 is 0 Å². The van der Waals surface area contributed by atoms with Crippen LogP contribution in [-0.2, 0) is 0 Å². The van der Waals surface area contributed by atoms with E-state index in [9.17, 15) is 8.78 Å². The molecule has 0 aromatic carbocycles. The molecular weight excluding hydrogens is 136 g/mol. The van der Waals surface area contributed by atoms with Crippen LogP contribution in [0.4, 0.5) is 8.78 Å². The van der Waals surface area contributed by atoms with Gasteiger partial charge in [0.05, 0.1) is 0 Å². The Kier molecular flexibility index (Phi) is 1.71. The fourth-order valence-electron chi connectivity index (χ4n) is 1.46. The minimum atomic E-state index is -2.45. The molecule has 10 heavy (non-hydrogen) atoms. The molecule has 0 amide bonds. The van der Waals surface area contributed by atoms with Gasteiger partial charge in [0, 0.05) is 12.8 Å². The summed E-state index contributed by atoms with van der Waals surface area (Å²) in [6.45, 7) is 2.20. The predicted octanol–water partition coefficient (Wildman–Crippen LogP) is 1.77. The van der Waals surface area contributed by atoms with E-state index in [1.54, 1.807) is 0 Å². The van der Waals surface area contributed by atoms with Crippen LogP contribution in [0.15, 0.2) is 0 Å². The quantitative estimate of drug-likeness (QED) is 0.604. The molecule has 1 fully saturated rings. The third-order valence-electron chi connectivity index (χ3n) is 2.27. The number of alkyl halides is 2. The molecule has 0 aliphatic heterocycles. The molecule has 1 aliphatic rings. The number of hydrogen-bond acceptors (Lipinski definition) is 1. The van der Waals surface area contributed by atoms with Crippen LogP contribution in [0.2, 0.25) is 0 Å².